The largest absolute Gasteiger partial charge is 0.393 e. The van der Waals surface area contributed by atoms with Crippen LogP contribution in [0.5, 0.6) is 0 Å². The van der Waals surface area contributed by atoms with Crippen LogP contribution in [0.25, 0.3) is 0 Å². The molecule has 0 spiro atoms. The van der Waals surface area contributed by atoms with Gasteiger partial charge in [0.05, 0.1) is 6.10 Å². The topological polar surface area (TPSA) is 52.6 Å². The summed E-state index contributed by atoms with van der Waals surface area (Å²) in [5, 5.41) is 12.7. The van der Waals surface area contributed by atoms with Crippen LogP contribution in [0.4, 0.5) is 0 Å². The van der Waals surface area contributed by atoms with Gasteiger partial charge in [0.15, 0.2) is 0 Å². The van der Waals surface area contributed by atoms with Gasteiger partial charge >= 0.3 is 0 Å². The molecule has 18 heavy (non-hydrogen) atoms. The summed E-state index contributed by atoms with van der Waals surface area (Å²) in [5.41, 5.74) is 0. The molecule has 2 rings (SSSR count). The maximum atomic E-state index is 12.1. The van der Waals surface area contributed by atoms with Crippen LogP contribution >= 0.6 is 0 Å². The van der Waals surface area contributed by atoms with E-state index in [-0.39, 0.29) is 12.0 Å². The Labute approximate surface area is 110 Å². The maximum absolute atomic E-state index is 12.1. The molecule has 1 heterocycles. The molecule has 4 nitrogen and oxygen atoms in total. The Balaban J connectivity index is 1.72. The molecule has 1 amide bonds. The van der Waals surface area contributed by atoms with Gasteiger partial charge in [0.2, 0.25) is 5.91 Å². The standard InChI is InChI=1S/C14H26N2O2/c1-10-4-3-5-15-13(10)8-14(18)16(2)9-11-6-12(17)7-11/h10-13,15,17H,3-9H2,1-2H3. The summed E-state index contributed by atoms with van der Waals surface area (Å²) in [6.07, 6.45) is 4.65. The van der Waals surface area contributed by atoms with Crippen LogP contribution < -0.4 is 5.32 Å². The van der Waals surface area contributed by atoms with Crippen LogP contribution in [0.15, 0.2) is 0 Å². The quantitative estimate of drug-likeness (QED) is 0.787. The number of aliphatic hydroxyl groups is 1. The van der Waals surface area contributed by atoms with Gasteiger partial charge in [-0.2, -0.15) is 0 Å². The Morgan fingerprint density at radius 2 is 2.17 bits per heavy atom. The van der Waals surface area contributed by atoms with E-state index in [1.54, 1.807) is 0 Å². The summed E-state index contributed by atoms with van der Waals surface area (Å²) in [7, 11) is 1.89. The first-order chi connectivity index (χ1) is 8.56. The maximum Gasteiger partial charge on any atom is 0.223 e. The smallest absolute Gasteiger partial charge is 0.223 e. The van der Waals surface area contributed by atoms with Gasteiger partial charge in [-0.05, 0) is 44.1 Å². The van der Waals surface area contributed by atoms with Crippen LogP contribution in [-0.4, -0.2) is 48.2 Å². The van der Waals surface area contributed by atoms with Crippen molar-refractivity contribution in [1.29, 1.82) is 0 Å². The number of aliphatic hydroxyl groups excluding tert-OH is 1. The van der Waals surface area contributed by atoms with Crippen molar-refractivity contribution in [2.75, 3.05) is 20.1 Å². The summed E-state index contributed by atoms with van der Waals surface area (Å²) < 4.78 is 0. The van der Waals surface area contributed by atoms with E-state index in [2.05, 4.69) is 12.2 Å². The van der Waals surface area contributed by atoms with Crippen LogP contribution in [0.3, 0.4) is 0 Å². The molecule has 0 bridgehead atoms. The van der Waals surface area contributed by atoms with Crippen LogP contribution in [-0.2, 0) is 4.79 Å². The number of nitrogens with zero attached hydrogens (tertiary/aromatic N) is 1. The van der Waals surface area contributed by atoms with E-state index in [9.17, 15) is 9.90 Å². The number of nitrogens with one attached hydrogen (secondary N) is 1. The zero-order chi connectivity index (χ0) is 13.1. The first kappa shape index (κ1) is 13.8. The van der Waals surface area contributed by atoms with Gasteiger partial charge in [-0.25, -0.2) is 0 Å². The Bertz CT molecular complexity index is 290. The second kappa shape index (κ2) is 6.02. The van der Waals surface area contributed by atoms with Crippen molar-refractivity contribution in [2.24, 2.45) is 11.8 Å². The molecule has 2 atom stereocenters. The molecule has 4 heteroatoms. The normalized spacial score (nSPS) is 35.9. The molecule has 2 fully saturated rings. The molecule has 2 unspecified atom stereocenters. The minimum absolute atomic E-state index is 0.126. The molecular formula is C14H26N2O2. The Morgan fingerprint density at radius 3 is 2.78 bits per heavy atom. The van der Waals surface area contributed by atoms with Crippen LogP contribution in [0.1, 0.15) is 39.0 Å². The fraction of sp³-hybridized carbons (Fsp3) is 0.929. The number of rotatable bonds is 4. The number of amides is 1. The summed E-state index contributed by atoms with van der Waals surface area (Å²) in [4.78, 5) is 14.0. The van der Waals surface area contributed by atoms with Crippen molar-refractivity contribution in [3.63, 3.8) is 0 Å². The lowest BCUT2D eigenvalue weighted by Crippen LogP contribution is -2.45. The first-order valence-electron chi connectivity index (χ1n) is 7.21. The van der Waals surface area contributed by atoms with E-state index in [0.29, 0.717) is 24.3 Å². The first-order valence-corrected chi connectivity index (χ1v) is 7.21. The number of carbonyl (C=O) groups excluding carboxylic acids is 1. The molecule has 0 radical (unpaired) electrons. The lowest BCUT2D eigenvalue weighted by Gasteiger charge is -2.35. The highest BCUT2D eigenvalue weighted by Crippen LogP contribution is 2.28. The molecule has 1 aliphatic heterocycles. The third-order valence-corrected chi connectivity index (χ3v) is 4.49. The number of hydrogen-bond acceptors (Lipinski definition) is 3. The van der Waals surface area contributed by atoms with Crippen molar-refractivity contribution in [3.8, 4) is 0 Å². The zero-order valence-corrected chi connectivity index (χ0v) is 11.6. The lowest BCUT2D eigenvalue weighted by molar-refractivity contribution is -0.132. The average molecular weight is 254 g/mol. The SMILES string of the molecule is CC1CCCNC1CC(=O)N(C)CC1CC(O)C1. The summed E-state index contributed by atoms with van der Waals surface area (Å²) >= 11 is 0. The predicted molar refractivity (Wildman–Crippen MR) is 71.2 cm³/mol. The Morgan fingerprint density at radius 1 is 1.44 bits per heavy atom. The van der Waals surface area contributed by atoms with E-state index >= 15 is 0 Å². The molecular weight excluding hydrogens is 228 g/mol. The molecule has 0 aromatic carbocycles. The molecule has 2 aliphatic rings. The molecule has 1 aliphatic carbocycles. The van der Waals surface area contributed by atoms with Crippen molar-refractivity contribution >= 4 is 5.91 Å². The molecule has 1 saturated heterocycles. The average Bonchev–Trinajstić information content (AvgIpc) is 2.30. The molecule has 2 N–H and O–H groups in total. The van der Waals surface area contributed by atoms with E-state index in [1.807, 2.05) is 11.9 Å². The second-order valence-corrected chi connectivity index (χ2v) is 6.15. The summed E-state index contributed by atoms with van der Waals surface area (Å²) in [5.74, 6) is 1.34. The highest BCUT2D eigenvalue weighted by atomic mass is 16.3. The summed E-state index contributed by atoms with van der Waals surface area (Å²) in [6, 6.07) is 0.348. The van der Waals surface area contributed by atoms with Gasteiger partial charge in [0.1, 0.15) is 0 Å². The second-order valence-electron chi connectivity index (χ2n) is 6.15. The number of carbonyl (C=O) groups is 1. The molecule has 104 valence electrons. The van der Waals surface area contributed by atoms with E-state index in [4.69, 9.17) is 0 Å². The minimum atomic E-state index is -0.126. The number of hydrogen-bond donors (Lipinski definition) is 2. The highest BCUT2D eigenvalue weighted by Gasteiger charge is 2.30. The van der Waals surface area contributed by atoms with E-state index in [1.165, 1.54) is 12.8 Å². The van der Waals surface area contributed by atoms with E-state index < -0.39 is 0 Å². The van der Waals surface area contributed by atoms with Crippen molar-refractivity contribution in [1.82, 2.24) is 10.2 Å². The lowest BCUT2D eigenvalue weighted by atomic mass is 9.82. The Hall–Kier alpha value is -0.610. The zero-order valence-electron chi connectivity index (χ0n) is 11.6. The third kappa shape index (κ3) is 3.45. The van der Waals surface area contributed by atoms with Gasteiger partial charge in [-0.1, -0.05) is 6.92 Å². The molecule has 0 aromatic heterocycles. The van der Waals surface area contributed by atoms with Gasteiger partial charge in [0, 0.05) is 26.1 Å². The fourth-order valence-electron chi connectivity index (χ4n) is 3.07. The van der Waals surface area contributed by atoms with Gasteiger partial charge in [-0.15, -0.1) is 0 Å². The van der Waals surface area contributed by atoms with Crippen LogP contribution in [0.2, 0.25) is 0 Å². The van der Waals surface area contributed by atoms with Gasteiger partial charge in [-0.3, -0.25) is 4.79 Å². The van der Waals surface area contributed by atoms with Gasteiger partial charge < -0.3 is 15.3 Å². The van der Waals surface area contributed by atoms with E-state index in [0.717, 1.165) is 25.9 Å². The van der Waals surface area contributed by atoms with Crippen LogP contribution in [0, 0.1) is 11.8 Å². The third-order valence-electron chi connectivity index (χ3n) is 4.49. The van der Waals surface area contributed by atoms with Crippen molar-refractivity contribution in [2.45, 2.75) is 51.2 Å². The number of piperidine rings is 1. The minimum Gasteiger partial charge on any atom is -0.393 e. The van der Waals surface area contributed by atoms with Crippen molar-refractivity contribution in [3.05, 3.63) is 0 Å². The van der Waals surface area contributed by atoms with Crippen molar-refractivity contribution < 1.29 is 9.90 Å². The monoisotopic (exact) mass is 254 g/mol. The highest BCUT2D eigenvalue weighted by molar-refractivity contribution is 5.76. The fourth-order valence-corrected chi connectivity index (χ4v) is 3.07. The Kier molecular flexibility index (Phi) is 4.62. The predicted octanol–water partition coefficient (Wildman–Crippen LogP) is 0.994. The molecule has 1 saturated carbocycles. The molecule has 0 aromatic rings. The van der Waals surface area contributed by atoms with Gasteiger partial charge in [0.25, 0.3) is 0 Å². The summed E-state index contributed by atoms with van der Waals surface area (Å²) in [6.45, 7) is 4.07.